The van der Waals surface area contributed by atoms with Crippen LogP contribution in [-0.2, 0) is 0 Å². The number of hydrazine groups is 1. The van der Waals surface area contributed by atoms with Crippen molar-refractivity contribution >= 4 is 5.69 Å². The van der Waals surface area contributed by atoms with E-state index in [9.17, 15) is 4.39 Å². The molecule has 1 atom stereocenters. The van der Waals surface area contributed by atoms with Crippen molar-refractivity contribution in [3.8, 4) is 0 Å². The van der Waals surface area contributed by atoms with E-state index in [-0.39, 0.29) is 11.5 Å². The van der Waals surface area contributed by atoms with Crippen molar-refractivity contribution in [1.29, 1.82) is 0 Å². The minimum absolute atomic E-state index is 0.219. The highest BCUT2D eigenvalue weighted by Crippen LogP contribution is 2.20. The van der Waals surface area contributed by atoms with Gasteiger partial charge in [0.25, 0.3) is 0 Å². The third kappa shape index (κ3) is 1.86. The van der Waals surface area contributed by atoms with Crippen LogP contribution in [0.1, 0.15) is 13.3 Å². The number of nitrogens with two attached hydrogens (primary N) is 1. The molecule has 1 fully saturated rings. The molecule has 1 heterocycles. The molecule has 4 heteroatoms. The van der Waals surface area contributed by atoms with Gasteiger partial charge in [0.15, 0.2) is 0 Å². The Hall–Kier alpha value is -1.13. The zero-order chi connectivity index (χ0) is 10.2. The largest absolute Gasteiger partial charge is 0.312 e. The molecule has 1 aromatic rings. The number of halogens is 1. The number of anilines is 1. The van der Waals surface area contributed by atoms with E-state index in [1.807, 2.05) is 11.9 Å². The molecule has 14 heavy (non-hydrogen) atoms. The fourth-order valence-electron chi connectivity index (χ4n) is 1.58. The Morgan fingerprint density at radius 3 is 2.57 bits per heavy atom. The Labute approximate surface area is 82.7 Å². The highest BCUT2D eigenvalue weighted by atomic mass is 19.1. The Balaban J connectivity index is 2.14. The summed E-state index contributed by atoms with van der Waals surface area (Å²) in [7, 11) is 0. The summed E-state index contributed by atoms with van der Waals surface area (Å²) in [5, 5.41) is 1.94. The summed E-state index contributed by atoms with van der Waals surface area (Å²) in [4.78, 5) is 0. The number of rotatable bonds is 1. The van der Waals surface area contributed by atoms with Gasteiger partial charge in [-0.25, -0.2) is 9.82 Å². The second-order valence-corrected chi connectivity index (χ2v) is 3.91. The molecule has 0 aromatic heterocycles. The summed E-state index contributed by atoms with van der Waals surface area (Å²) >= 11 is 0. The smallest absolute Gasteiger partial charge is 0.123 e. The van der Waals surface area contributed by atoms with E-state index in [2.05, 4.69) is 5.43 Å². The van der Waals surface area contributed by atoms with Crippen molar-refractivity contribution < 1.29 is 4.39 Å². The summed E-state index contributed by atoms with van der Waals surface area (Å²) in [6.45, 7) is 2.79. The normalized spacial score (nSPS) is 26.9. The number of hydrogen-bond acceptors (Lipinski definition) is 3. The standard InChI is InChI=1S/C10H14FN3/c1-10(12)6-7-14(13-10)9-4-2-8(11)3-5-9/h2-5,13H,6-7,12H2,1H3. The molecule has 0 amide bonds. The minimum atomic E-state index is -0.353. The maximum Gasteiger partial charge on any atom is 0.123 e. The van der Waals surface area contributed by atoms with Crippen LogP contribution in [0.2, 0.25) is 0 Å². The van der Waals surface area contributed by atoms with Crippen LogP contribution in [0.5, 0.6) is 0 Å². The predicted octanol–water partition coefficient (Wildman–Crippen LogP) is 1.22. The molecule has 0 spiro atoms. The molecule has 1 aliphatic heterocycles. The van der Waals surface area contributed by atoms with Crippen LogP contribution in [0.15, 0.2) is 24.3 Å². The monoisotopic (exact) mass is 195 g/mol. The van der Waals surface area contributed by atoms with E-state index in [1.54, 1.807) is 12.1 Å². The van der Waals surface area contributed by atoms with Crippen molar-refractivity contribution in [2.75, 3.05) is 11.6 Å². The SMILES string of the molecule is CC1(N)CCN(c2ccc(F)cc2)N1. The predicted molar refractivity (Wildman–Crippen MR) is 54.1 cm³/mol. The molecule has 0 saturated carbocycles. The Bertz CT molecular complexity index is 321. The Kier molecular flexibility index (Phi) is 2.17. The molecular weight excluding hydrogens is 181 g/mol. The topological polar surface area (TPSA) is 41.3 Å². The zero-order valence-corrected chi connectivity index (χ0v) is 8.13. The van der Waals surface area contributed by atoms with Crippen molar-refractivity contribution in [3.63, 3.8) is 0 Å². The number of nitrogens with zero attached hydrogens (tertiary/aromatic N) is 1. The van der Waals surface area contributed by atoms with Gasteiger partial charge in [-0.05, 0) is 37.6 Å². The van der Waals surface area contributed by atoms with Crippen LogP contribution in [-0.4, -0.2) is 12.2 Å². The van der Waals surface area contributed by atoms with Crippen LogP contribution < -0.4 is 16.2 Å². The zero-order valence-electron chi connectivity index (χ0n) is 8.13. The van der Waals surface area contributed by atoms with Crippen LogP contribution in [0.3, 0.4) is 0 Å². The average molecular weight is 195 g/mol. The Morgan fingerprint density at radius 1 is 1.43 bits per heavy atom. The van der Waals surface area contributed by atoms with Crippen LogP contribution in [0, 0.1) is 5.82 Å². The summed E-state index contributed by atoms with van der Waals surface area (Å²) in [6, 6.07) is 6.37. The highest BCUT2D eigenvalue weighted by Gasteiger charge is 2.28. The number of hydrogen-bond donors (Lipinski definition) is 2. The number of nitrogens with one attached hydrogen (secondary N) is 1. The highest BCUT2D eigenvalue weighted by molar-refractivity contribution is 5.46. The fraction of sp³-hybridized carbons (Fsp3) is 0.400. The van der Waals surface area contributed by atoms with E-state index in [0.29, 0.717) is 0 Å². The first-order valence-corrected chi connectivity index (χ1v) is 4.67. The van der Waals surface area contributed by atoms with E-state index in [1.165, 1.54) is 12.1 Å². The first kappa shape index (κ1) is 9.43. The van der Waals surface area contributed by atoms with Gasteiger partial charge in [-0.1, -0.05) is 0 Å². The van der Waals surface area contributed by atoms with Gasteiger partial charge < -0.3 is 10.7 Å². The van der Waals surface area contributed by atoms with Gasteiger partial charge in [0.1, 0.15) is 5.82 Å². The summed E-state index contributed by atoms with van der Waals surface area (Å²) in [6.07, 6.45) is 0.879. The lowest BCUT2D eigenvalue weighted by molar-refractivity contribution is 0.427. The van der Waals surface area contributed by atoms with Gasteiger partial charge in [-0.3, -0.25) is 0 Å². The lowest BCUT2D eigenvalue weighted by atomic mass is 10.2. The lowest BCUT2D eigenvalue weighted by Gasteiger charge is -2.23. The van der Waals surface area contributed by atoms with E-state index < -0.39 is 0 Å². The first-order chi connectivity index (χ1) is 6.57. The molecule has 1 unspecified atom stereocenters. The molecule has 0 aliphatic carbocycles. The Morgan fingerprint density at radius 2 is 2.07 bits per heavy atom. The molecule has 0 bridgehead atoms. The number of benzene rings is 1. The summed E-state index contributed by atoms with van der Waals surface area (Å²) < 4.78 is 12.7. The lowest BCUT2D eigenvalue weighted by Crippen LogP contribution is -2.50. The first-order valence-electron chi connectivity index (χ1n) is 4.67. The van der Waals surface area contributed by atoms with E-state index in [4.69, 9.17) is 5.73 Å². The molecule has 1 aromatic carbocycles. The van der Waals surface area contributed by atoms with E-state index >= 15 is 0 Å². The van der Waals surface area contributed by atoms with Crippen molar-refractivity contribution in [2.45, 2.75) is 19.0 Å². The van der Waals surface area contributed by atoms with Gasteiger partial charge in [-0.2, -0.15) is 0 Å². The van der Waals surface area contributed by atoms with Gasteiger partial charge >= 0.3 is 0 Å². The molecule has 3 N–H and O–H groups in total. The van der Waals surface area contributed by atoms with Gasteiger partial charge in [0.2, 0.25) is 0 Å². The van der Waals surface area contributed by atoms with E-state index in [0.717, 1.165) is 18.7 Å². The van der Waals surface area contributed by atoms with Gasteiger partial charge in [0.05, 0.1) is 11.4 Å². The maximum absolute atomic E-state index is 12.7. The van der Waals surface area contributed by atoms with Crippen LogP contribution in [0.4, 0.5) is 10.1 Å². The average Bonchev–Trinajstić information content (AvgIpc) is 2.47. The van der Waals surface area contributed by atoms with Crippen molar-refractivity contribution in [3.05, 3.63) is 30.1 Å². The molecule has 1 aliphatic rings. The van der Waals surface area contributed by atoms with Gasteiger partial charge in [-0.15, -0.1) is 0 Å². The summed E-state index contributed by atoms with van der Waals surface area (Å²) in [5.74, 6) is -0.219. The maximum atomic E-state index is 12.7. The fourth-order valence-corrected chi connectivity index (χ4v) is 1.58. The van der Waals surface area contributed by atoms with Crippen molar-refractivity contribution in [1.82, 2.24) is 5.43 Å². The second kappa shape index (κ2) is 3.22. The molecule has 2 rings (SSSR count). The molecule has 0 radical (unpaired) electrons. The van der Waals surface area contributed by atoms with Crippen LogP contribution in [0.25, 0.3) is 0 Å². The minimum Gasteiger partial charge on any atom is -0.312 e. The molecule has 76 valence electrons. The molecular formula is C10H14FN3. The third-order valence-corrected chi connectivity index (χ3v) is 2.38. The van der Waals surface area contributed by atoms with Gasteiger partial charge in [0, 0.05) is 6.54 Å². The molecule has 3 nitrogen and oxygen atoms in total. The van der Waals surface area contributed by atoms with Crippen molar-refractivity contribution in [2.24, 2.45) is 5.73 Å². The molecule has 1 saturated heterocycles. The quantitative estimate of drug-likeness (QED) is 0.707. The van der Waals surface area contributed by atoms with Crippen LogP contribution >= 0.6 is 0 Å². The third-order valence-electron chi connectivity index (χ3n) is 2.38. The summed E-state index contributed by atoms with van der Waals surface area (Å²) in [5.41, 5.74) is 9.66. The second-order valence-electron chi connectivity index (χ2n) is 3.91.